The number of rotatable bonds is 5. The first-order chi connectivity index (χ1) is 12.8. The fourth-order valence-electron chi connectivity index (χ4n) is 2.76. The summed E-state index contributed by atoms with van der Waals surface area (Å²) in [4.78, 5) is 16.8. The molecule has 6 heteroatoms. The molecule has 26 heavy (non-hydrogen) atoms. The molecule has 0 spiro atoms. The fraction of sp³-hybridized carbons (Fsp3) is 0.0500. The van der Waals surface area contributed by atoms with Gasteiger partial charge < -0.3 is 9.73 Å². The molecular weight excluding hydrogens is 328 g/mol. The number of H-pyrrole nitrogens is 1. The molecule has 6 nitrogen and oxygen atoms in total. The second-order valence-electron chi connectivity index (χ2n) is 5.74. The fourth-order valence-corrected chi connectivity index (χ4v) is 2.76. The van der Waals surface area contributed by atoms with Crippen molar-refractivity contribution in [2.24, 2.45) is 0 Å². The molecule has 0 saturated carbocycles. The maximum atomic E-state index is 12.7. The Kier molecular flexibility index (Phi) is 4.30. The van der Waals surface area contributed by atoms with Crippen molar-refractivity contribution in [3.8, 4) is 11.5 Å². The normalized spacial score (nSPS) is 11.8. The monoisotopic (exact) mass is 344 g/mol. The first-order valence-corrected chi connectivity index (χ1v) is 8.16. The van der Waals surface area contributed by atoms with E-state index in [9.17, 15) is 4.79 Å². The van der Waals surface area contributed by atoms with Crippen LogP contribution in [0.5, 0.6) is 0 Å². The zero-order valence-corrected chi connectivity index (χ0v) is 13.8. The lowest BCUT2D eigenvalue weighted by Crippen LogP contribution is -2.29. The van der Waals surface area contributed by atoms with E-state index in [1.807, 2.05) is 42.5 Å². The highest BCUT2D eigenvalue weighted by Crippen LogP contribution is 2.23. The van der Waals surface area contributed by atoms with Crippen LogP contribution in [-0.2, 0) is 0 Å². The second kappa shape index (κ2) is 7.06. The Morgan fingerprint density at radius 3 is 2.50 bits per heavy atom. The van der Waals surface area contributed by atoms with E-state index in [0.717, 1.165) is 11.1 Å². The molecule has 1 atom stereocenters. The van der Waals surface area contributed by atoms with Gasteiger partial charge in [-0.15, -0.1) is 0 Å². The van der Waals surface area contributed by atoms with Gasteiger partial charge in [0.05, 0.1) is 12.3 Å². The molecular formula is C20H16N4O2. The van der Waals surface area contributed by atoms with E-state index in [-0.39, 0.29) is 11.9 Å². The highest BCUT2D eigenvalue weighted by atomic mass is 16.3. The number of hydrogen-bond acceptors (Lipinski definition) is 4. The predicted molar refractivity (Wildman–Crippen MR) is 96.3 cm³/mol. The van der Waals surface area contributed by atoms with Crippen molar-refractivity contribution in [3.05, 3.63) is 96.1 Å². The van der Waals surface area contributed by atoms with Crippen LogP contribution in [0.4, 0.5) is 0 Å². The van der Waals surface area contributed by atoms with Crippen molar-refractivity contribution in [1.29, 1.82) is 0 Å². The Hall–Kier alpha value is -3.67. The van der Waals surface area contributed by atoms with E-state index in [2.05, 4.69) is 20.5 Å². The third-order valence-corrected chi connectivity index (χ3v) is 4.04. The molecule has 0 aliphatic rings. The Morgan fingerprint density at radius 2 is 1.77 bits per heavy atom. The van der Waals surface area contributed by atoms with Crippen molar-refractivity contribution in [3.63, 3.8) is 0 Å². The minimum atomic E-state index is -0.296. The van der Waals surface area contributed by atoms with Gasteiger partial charge in [0.15, 0.2) is 11.5 Å². The molecule has 0 saturated heterocycles. The van der Waals surface area contributed by atoms with Crippen molar-refractivity contribution < 1.29 is 9.21 Å². The summed E-state index contributed by atoms with van der Waals surface area (Å²) in [5.41, 5.74) is 2.88. The highest BCUT2D eigenvalue weighted by Gasteiger charge is 2.20. The lowest BCUT2D eigenvalue weighted by molar-refractivity contribution is 0.0938. The quantitative estimate of drug-likeness (QED) is 0.579. The number of nitrogens with zero attached hydrogens (tertiary/aromatic N) is 2. The van der Waals surface area contributed by atoms with Gasteiger partial charge in [0.2, 0.25) is 0 Å². The molecule has 0 fully saturated rings. The maximum Gasteiger partial charge on any atom is 0.272 e. The van der Waals surface area contributed by atoms with Gasteiger partial charge in [0, 0.05) is 18.5 Å². The lowest BCUT2D eigenvalue weighted by Gasteiger charge is -2.19. The SMILES string of the molecule is O=C(NC(c1ccccc1)c1ccncc1)c1cc(-c2ccco2)[nH]n1. The predicted octanol–water partition coefficient (Wildman–Crippen LogP) is 3.58. The number of carbonyl (C=O) groups excluding carboxylic acids is 1. The number of benzene rings is 1. The molecule has 0 aliphatic carbocycles. The largest absolute Gasteiger partial charge is 0.463 e. The van der Waals surface area contributed by atoms with E-state index in [4.69, 9.17) is 4.42 Å². The van der Waals surface area contributed by atoms with Gasteiger partial charge in [-0.05, 0) is 35.4 Å². The Morgan fingerprint density at radius 1 is 1.00 bits per heavy atom. The average molecular weight is 344 g/mol. The molecule has 1 unspecified atom stereocenters. The van der Waals surface area contributed by atoms with Crippen LogP contribution in [0.3, 0.4) is 0 Å². The third kappa shape index (κ3) is 3.25. The van der Waals surface area contributed by atoms with Crippen LogP contribution in [0, 0.1) is 0 Å². The van der Waals surface area contributed by atoms with Crippen LogP contribution in [-0.4, -0.2) is 21.1 Å². The zero-order chi connectivity index (χ0) is 17.8. The van der Waals surface area contributed by atoms with E-state index in [0.29, 0.717) is 17.1 Å². The van der Waals surface area contributed by atoms with E-state index < -0.39 is 0 Å². The van der Waals surface area contributed by atoms with Crippen LogP contribution < -0.4 is 5.32 Å². The molecule has 128 valence electrons. The van der Waals surface area contributed by atoms with Gasteiger partial charge in [-0.25, -0.2) is 0 Å². The average Bonchev–Trinajstić information content (AvgIpc) is 3.39. The molecule has 3 heterocycles. The van der Waals surface area contributed by atoms with Gasteiger partial charge in [-0.3, -0.25) is 14.9 Å². The molecule has 0 radical (unpaired) electrons. The highest BCUT2D eigenvalue weighted by molar-refractivity contribution is 5.93. The Bertz CT molecular complexity index is 940. The number of amides is 1. The topological polar surface area (TPSA) is 83.8 Å². The van der Waals surface area contributed by atoms with Crippen molar-refractivity contribution in [2.75, 3.05) is 0 Å². The molecule has 3 aromatic heterocycles. The van der Waals surface area contributed by atoms with Crippen molar-refractivity contribution in [1.82, 2.24) is 20.5 Å². The smallest absolute Gasteiger partial charge is 0.272 e. The van der Waals surface area contributed by atoms with Gasteiger partial charge in [0.25, 0.3) is 5.91 Å². The molecule has 4 aromatic rings. The number of hydrogen-bond donors (Lipinski definition) is 2. The van der Waals surface area contributed by atoms with Crippen LogP contribution >= 0.6 is 0 Å². The van der Waals surface area contributed by atoms with Gasteiger partial charge in [-0.2, -0.15) is 5.10 Å². The van der Waals surface area contributed by atoms with Crippen LogP contribution in [0.2, 0.25) is 0 Å². The van der Waals surface area contributed by atoms with Crippen molar-refractivity contribution in [2.45, 2.75) is 6.04 Å². The number of pyridine rings is 1. The van der Waals surface area contributed by atoms with E-state index in [1.165, 1.54) is 0 Å². The zero-order valence-electron chi connectivity index (χ0n) is 13.8. The molecule has 1 amide bonds. The summed E-state index contributed by atoms with van der Waals surface area (Å²) in [5.74, 6) is 0.356. The van der Waals surface area contributed by atoms with Gasteiger partial charge >= 0.3 is 0 Å². The summed E-state index contributed by atoms with van der Waals surface area (Å²) in [6.45, 7) is 0. The maximum absolute atomic E-state index is 12.7. The van der Waals surface area contributed by atoms with E-state index >= 15 is 0 Å². The first kappa shape index (κ1) is 15.8. The van der Waals surface area contributed by atoms with Gasteiger partial charge in [0.1, 0.15) is 5.69 Å². The summed E-state index contributed by atoms with van der Waals surface area (Å²) in [5, 5.41) is 9.98. The molecule has 1 aromatic carbocycles. The summed E-state index contributed by atoms with van der Waals surface area (Å²) in [7, 11) is 0. The summed E-state index contributed by atoms with van der Waals surface area (Å²) in [6.07, 6.45) is 4.99. The second-order valence-corrected chi connectivity index (χ2v) is 5.74. The Labute approximate surface area is 149 Å². The summed E-state index contributed by atoms with van der Waals surface area (Å²) in [6, 6.07) is 18.5. The van der Waals surface area contributed by atoms with Crippen LogP contribution in [0.1, 0.15) is 27.7 Å². The van der Waals surface area contributed by atoms with E-state index in [1.54, 1.807) is 36.9 Å². The first-order valence-electron chi connectivity index (χ1n) is 8.16. The Balaban J connectivity index is 1.61. The standard InChI is InChI=1S/C20H16N4O2/c25-20(17-13-16(23-24-17)18-7-4-12-26-18)22-19(14-5-2-1-3-6-14)15-8-10-21-11-9-15/h1-13,19H,(H,22,25)(H,23,24). The third-order valence-electron chi connectivity index (χ3n) is 4.04. The number of aromatic nitrogens is 3. The number of nitrogens with one attached hydrogen (secondary N) is 2. The van der Waals surface area contributed by atoms with Crippen LogP contribution in [0.25, 0.3) is 11.5 Å². The van der Waals surface area contributed by atoms with Crippen molar-refractivity contribution >= 4 is 5.91 Å². The minimum absolute atomic E-state index is 0.273. The summed E-state index contributed by atoms with van der Waals surface area (Å²) >= 11 is 0. The van der Waals surface area contributed by atoms with Crippen LogP contribution in [0.15, 0.2) is 83.7 Å². The number of furan rings is 1. The molecule has 0 aliphatic heterocycles. The lowest BCUT2D eigenvalue weighted by atomic mass is 9.99. The minimum Gasteiger partial charge on any atom is -0.463 e. The molecule has 4 rings (SSSR count). The summed E-state index contributed by atoms with van der Waals surface area (Å²) < 4.78 is 5.32. The number of aromatic amines is 1. The molecule has 0 bridgehead atoms. The van der Waals surface area contributed by atoms with Gasteiger partial charge in [-0.1, -0.05) is 30.3 Å². The number of carbonyl (C=O) groups is 1. The molecule has 2 N–H and O–H groups in total.